The normalized spacial score (nSPS) is 13.3. The first kappa shape index (κ1) is 13.0. The van der Waals surface area contributed by atoms with Gasteiger partial charge in [-0.2, -0.15) is 0 Å². The van der Waals surface area contributed by atoms with Gasteiger partial charge in [-0.05, 0) is 47.9 Å². The Labute approximate surface area is 122 Å². The van der Waals surface area contributed by atoms with Crippen molar-refractivity contribution in [2.45, 2.75) is 13.0 Å². The fraction of sp³-hybridized carbons (Fsp3) is 0.188. The average molecular weight is 288 g/mol. The Hall–Kier alpha value is -2.00. The van der Waals surface area contributed by atoms with Gasteiger partial charge < -0.3 is 10.0 Å². The lowest BCUT2D eigenvalue weighted by Crippen LogP contribution is -2.19. The quantitative estimate of drug-likeness (QED) is 0.938. The molecule has 102 valence electrons. The van der Waals surface area contributed by atoms with E-state index in [2.05, 4.69) is 11.0 Å². The van der Waals surface area contributed by atoms with Crippen molar-refractivity contribution in [3.8, 4) is 0 Å². The number of carboxylic acids is 1. The third kappa shape index (κ3) is 2.49. The Morgan fingerprint density at radius 2 is 2.10 bits per heavy atom. The average Bonchev–Trinajstić information content (AvgIpc) is 2.81. The molecular weight excluding hydrogens is 274 g/mol. The lowest BCUT2D eigenvalue weighted by molar-refractivity contribution is 0.0697. The van der Waals surface area contributed by atoms with Crippen molar-refractivity contribution in [3.05, 3.63) is 64.2 Å². The molecule has 1 aliphatic heterocycles. The smallest absolute Gasteiger partial charge is 0.335 e. The van der Waals surface area contributed by atoms with Gasteiger partial charge in [0.15, 0.2) is 0 Å². The van der Waals surface area contributed by atoms with Gasteiger partial charge in [0.25, 0.3) is 0 Å². The summed E-state index contributed by atoms with van der Waals surface area (Å²) in [6.07, 6.45) is 0.886. The predicted octanol–water partition coefficient (Wildman–Crippen LogP) is 3.60. The number of aromatic carboxylic acids is 1. The molecule has 3 nitrogen and oxygen atoms in total. The standard InChI is InChI=1S/C16H14ClNO2/c17-14-3-1-2-11(8-14)10-18-7-6-12-9-13(16(19)20)4-5-15(12)18/h1-5,8-9H,6-7,10H2,(H,19,20). The van der Waals surface area contributed by atoms with Gasteiger partial charge >= 0.3 is 5.97 Å². The minimum atomic E-state index is -0.874. The van der Waals surface area contributed by atoms with E-state index >= 15 is 0 Å². The molecule has 2 aromatic rings. The molecule has 0 saturated heterocycles. The van der Waals surface area contributed by atoms with Gasteiger partial charge in [-0.15, -0.1) is 0 Å². The third-order valence-corrected chi connectivity index (χ3v) is 3.82. The predicted molar refractivity (Wildman–Crippen MR) is 79.6 cm³/mol. The van der Waals surface area contributed by atoms with Gasteiger partial charge in [0.2, 0.25) is 0 Å². The van der Waals surface area contributed by atoms with Crippen molar-refractivity contribution >= 4 is 23.3 Å². The number of fused-ring (bicyclic) bond motifs is 1. The molecule has 0 atom stereocenters. The fourth-order valence-corrected chi connectivity index (χ4v) is 2.84. The first-order valence-corrected chi connectivity index (χ1v) is 6.87. The summed E-state index contributed by atoms with van der Waals surface area (Å²) in [5.74, 6) is -0.874. The molecule has 0 unspecified atom stereocenters. The van der Waals surface area contributed by atoms with Crippen molar-refractivity contribution in [3.63, 3.8) is 0 Å². The van der Waals surface area contributed by atoms with Gasteiger partial charge in [-0.25, -0.2) is 4.79 Å². The molecule has 0 amide bonds. The summed E-state index contributed by atoms with van der Waals surface area (Å²) in [5.41, 5.74) is 3.74. The summed E-state index contributed by atoms with van der Waals surface area (Å²) >= 11 is 6.00. The summed E-state index contributed by atoms with van der Waals surface area (Å²) in [7, 11) is 0. The van der Waals surface area contributed by atoms with Crippen LogP contribution in [0.5, 0.6) is 0 Å². The summed E-state index contributed by atoms with van der Waals surface area (Å²) in [4.78, 5) is 13.2. The number of carboxylic acid groups (broad SMARTS) is 1. The van der Waals surface area contributed by atoms with Gasteiger partial charge in [0.1, 0.15) is 0 Å². The summed E-state index contributed by atoms with van der Waals surface area (Å²) < 4.78 is 0. The first-order valence-electron chi connectivity index (χ1n) is 6.49. The Morgan fingerprint density at radius 3 is 2.85 bits per heavy atom. The second kappa shape index (κ2) is 5.17. The monoisotopic (exact) mass is 287 g/mol. The van der Waals surface area contributed by atoms with Crippen LogP contribution in [0.15, 0.2) is 42.5 Å². The van der Waals surface area contributed by atoms with Crippen LogP contribution in [0.4, 0.5) is 5.69 Å². The first-order chi connectivity index (χ1) is 9.63. The minimum Gasteiger partial charge on any atom is -0.478 e. The SMILES string of the molecule is O=C(O)c1ccc2c(c1)CCN2Cc1cccc(Cl)c1. The number of carbonyl (C=O) groups is 1. The second-order valence-electron chi connectivity index (χ2n) is 4.95. The summed E-state index contributed by atoms with van der Waals surface area (Å²) in [5, 5.41) is 9.76. The molecule has 4 heteroatoms. The molecule has 0 radical (unpaired) electrons. The van der Waals surface area contributed by atoms with Gasteiger partial charge in [0, 0.05) is 23.8 Å². The highest BCUT2D eigenvalue weighted by Gasteiger charge is 2.20. The van der Waals surface area contributed by atoms with Crippen LogP contribution < -0.4 is 4.90 Å². The number of rotatable bonds is 3. The molecule has 1 N–H and O–H groups in total. The Balaban J connectivity index is 1.84. The van der Waals surface area contributed by atoms with Crippen LogP contribution in [0.2, 0.25) is 5.02 Å². The number of benzene rings is 2. The van der Waals surface area contributed by atoms with Crippen LogP contribution in [0.25, 0.3) is 0 Å². The molecule has 0 saturated carbocycles. The van der Waals surface area contributed by atoms with E-state index in [1.165, 1.54) is 0 Å². The van der Waals surface area contributed by atoms with Crippen molar-refractivity contribution < 1.29 is 9.90 Å². The maximum absolute atomic E-state index is 11.0. The highest BCUT2D eigenvalue weighted by molar-refractivity contribution is 6.30. The van der Waals surface area contributed by atoms with E-state index in [0.717, 1.165) is 41.3 Å². The van der Waals surface area contributed by atoms with E-state index in [9.17, 15) is 4.79 Å². The van der Waals surface area contributed by atoms with Crippen LogP contribution in [0, 0.1) is 0 Å². The van der Waals surface area contributed by atoms with E-state index in [-0.39, 0.29) is 0 Å². The number of hydrogen-bond donors (Lipinski definition) is 1. The molecule has 0 fully saturated rings. The third-order valence-electron chi connectivity index (χ3n) is 3.58. The molecule has 1 heterocycles. The van der Waals surface area contributed by atoms with Crippen molar-refractivity contribution in [1.82, 2.24) is 0 Å². The van der Waals surface area contributed by atoms with E-state index in [1.807, 2.05) is 24.3 Å². The zero-order valence-electron chi connectivity index (χ0n) is 10.8. The maximum Gasteiger partial charge on any atom is 0.335 e. The zero-order valence-corrected chi connectivity index (χ0v) is 11.6. The minimum absolute atomic E-state index is 0.355. The Morgan fingerprint density at radius 1 is 1.25 bits per heavy atom. The number of halogens is 1. The lowest BCUT2D eigenvalue weighted by Gasteiger charge is -2.19. The second-order valence-corrected chi connectivity index (χ2v) is 5.39. The van der Waals surface area contributed by atoms with Gasteiger partial charge in [0.05, 0.1) is 5.56 Å². The molecule has 2 aromatic carbocycles. The number of hydrogen-bond acceptors (Lipinski definition) is 2. The molecule has 0 aliphatic carbocycles. The lowest BCUT2D eigenvalue weighted by atomic mass is 10.1. The van der Waals surface area contributed by atoms with E-state index in [1.54, 1.807) is 12.1 Å². The molecule has 0 bridgehead atoms. The number of nitrogens with zero attached hydrogens (tertiary/aromatic N) is 1. The van der Waals surface area contributed by atoms with E-state index in [0.29, 0.717) is 5.56 Å². The maximum atomic E-state index is 11.0. The van der Waals surface area contributed by atoms with Gasteiger partial charge in [-0.1, -0.05) is 23.7 Å². The largest absolute Gasteiger partial charge is 0.478 e. The van der Waals surface area contributed by atoms with Crippen LogP contribution in [0.3, 0.4) is 0 Å². The highest BCUT2D eigenvalue weighted by Crippen LogP contribution is 2.30. The number of anilines is 1. The molecule has 0 aromatic heterocycles. The molecule has 3 rings (SSSR count). The van der Waals surface area contributed by atoms with Crippen molar-refractivity contribution in [1.29, 1.82) is 0 Å². The highest BCUT2D eigenvalue weighted by atomic mass is 35.5. The summed E-state index contributed by atoms with van der Waals surface area (Å²) in [6, 6.07) is 13.2. The van der Waals surface area contributed by atoms with Crippen LogP contribution in [-0.4, -0.2) is 17.6 Å². The van der Waals surface area contributed by atoms with E-state index in [4.69, 9.17) is 16.7 Å². The van der Waals surface area contributed by atoms with Crippen LogP contribution >= 0.6 is 11.6 Å². The topological polar surface area (TPSA) is 40.5 Å². The zero-order chi connectivity index (χ0) is 14.1. The fourth-order valence-electron chi connectivity index (χ4n) is 2.62. The Bertz CT molecular complexity index is 669. The van der Waals surface area contributed by atoms with Crippen LogP contribution in [-0.2, 0) is 13.0 Å². The van der Waals surface area contributed by atoms with Gasteiger partial charge in [-0.3, -0.25) is 0 Å². The van der Waals surface area contributed by atoms with Crippen LogP contribution in [0.1, 0.15) is 21.5 Å². The summed E-state index contributed by atoms with van der Waals surface area (Å²) in [6.45, 7) is 1.70. The molecular formula is C16H14ClNO2. The van der Waals surface area contributed by atoms with Crippen molar-refractivity contribution in [2.24, 2.45) is 0 Å². The Kier molecular flexibility index (Phi) is 3.36. The molecule has 0 spiro atoms. The van der Waals surface area contributed by atoms with E-state index < -0.39 is 5.97 Å². The van der Waals surface area contributed by atoms with Crippen molar-refractivity contribution in [2.75, 3.05) is 11.4 Å². The molecule has 20 heavy (non-hydrogen) atoms. The molecule has 1 aliphatic rings.